The smallest absolute Gasteiger partial charge is 0.234 e. The molecule has 3 nitrogen and oxygen atoms in total. The number of isocyanates is 1. The molecule has 2 rings (SSSR count). The van der Waals surface area contributed by atoms with E-state index in [2.05, 4.69) is 16.0 Å². The number of rotatable bonds is 3. The van der Waals surface area contributed by atoms with Crippen molar-refractivity contribution in [3.05, 3.63) is 42.1 Å². The molecule has 0 aliphatic rings. The maximum absolute atomic E-state index is 9.91. The number of nitrogens with zero attached hydrogens (tertiary/aromatic N) is 2. The third-order valence-corrected chi connectivity index (χ3v) is 2.24. The topological polar surface area (TPSA) is 42.3 Å². The summed E-state index contributed by atoms with van der Waals surface area (Å²) >= 11 is 0. The fourth-order valence-electron chi connectivity index (χ4n) is 1.51. The third kappa shape index (κ3) is 2.27. The quantitative estimate of drug-likeness (QED) is 0.560. The number of pyridine rings is 1. The summed E-state index contributed by atoms with van der Waals surface area (Å²) in [5.74, 6) is 0. The predicted molar refractivity (Wildman–Crippen MR) is 58.4 cm³/mol. The maximum atomic E-state index is 9.91. The monoisotopic (exact) mass is 198 g/mol. The second-order valence-corrected chi connectivity index (χ2v) is 3.25. The van der Waals surface area contributed by atoms with Crippen LogP contribution in [-0.2, 0) is 11.2 Å². The fourth-order valence-corrected chi connectivity index (χ4v) is 1.51. The lowest BCUT2D eigenvalue weighted by Gasteiger charge is -2.00. The molecule has 0 fully saturated rings. The van der Waals surface area contributed by atoms with Crippen LogP contribution in [-0.4, -0.2) is 17.6 Å². The van der Waals surface area contributed by atoms with E-state index < -0.39 is 0 Å². The second-order valence-electron chi connectivity index (χ2n) is 3.25. The number of carbonyl (C=O) groups excluding carboxylic acids is 1. The number of fused-ring (bicyclic) bond motifs is 1. The van der Waals surface area contributed by atoms with Crippen LogP contribution in [0, 0.1) is 0 Å². The Hall–Kier alpha value is -1.99. The molecule has 0 spiro atoms. The normalized spacial score (nSPS) is 9.87. The summed E-state index contributed by atoms with van der Waals surface area (Å²) in [6.45, 7) is 0.495. The van der Waals surface area contributed by atoms with Gasteiger partial charge in [-0.3, -0.25) is 4.98 Å². The minimum atomic E-state index is 0.495. The summed E-state index contributed by atoms with van der Waals surface area (Å²) < 4.78 is 0. The second kappa shape index (κ2) is 4.49. The van der Waals surface area contributed by atoms with E-state index >= 15 is 0 Å². The van der Waals surface area contributed by atoms with Gasteiger partial charge < -0.3 is 0 Å². The standard InChI is InChI=1S/C12H10N2O/c15-9-13-7-5-10-3-4-12-11(8-10)2-1-6-14-12/h1-4,6,8H,5,7H2. The fraction of sp³-hybridized carbons (Fsp3) is 0.167. The van der Waals surface area contributed by atoms with Gasteiger partial charge in [0.2, 0.25) is 6.08 Å². The first-order chi connectivity index (χ1) is 7.40. The van der Waals surface area contributed by atoms with E-state index in [1.165, 1.54) is 6.08 Å². The van der Waals surface area contributed by atoms with Crippen molar-refractivity contribution in [2.45, 2.75) is 6.42 Å². The first kappa shape index (κ1) is 9.56. The lowest BCUT2D eigenvalue weighted by molar-refractivity contribution is 0.563. The molecular formula is C12H10N2O. The van der Waals surface area contributed by atoms with Crippen molar-refractivity contribution >= 4 is 17.0 Å². The predicted octanol–water partition coefficient (Wildman–Crippen LogP) is 2.11. The van der Waals surface area contributed by atoms with E-state index in [1.807, 2.05) is 24.3 Å². The summed E-state index contributed by atoms with van der Waals surface area (Å²) in [6, 6.07) is 10.00. The van der Waals surface area contributed by atoms with Crippen molar-refractivity contribution in [1.82, 2.24) is 4.98 Å². The molecule has 1 aromatic carbocycles. The molecule has 0 saturated heterocycles. The van der Waals surface area contributed by atoms with Gasteiger partial charge in [0, 0.05) is 11.6 Å². The van der Waals surface area contributed by atoms with E-state index in [4.69, 9.17) is 0 Å². The average Bonchev–Trinajstić information content (AvgIpc) is 2.29. The minimum Gasteiger partial charge on any atom is -0.256 e. The van der Waals surface area contributed by atoms with E-state index in [0.29, 0.717) is 6.54 Å². The van der Waals surface area contributed by atoms with Crippen molar-refractivity contribution in [1.29, 1.82) is 0 Å². The minimum absolute atomic E-state index is 0.495. The molecule has 74 valence electrons. The molecule has 0 atom stereocenters. The summed E-state index contributed by atoms with van der Waals surface area (Å²) in [5.41, 5.74) is 2.15. The molecule has 0 N–H and O–H groups in total. The Kier molecular flexibility index (Phi) is 2.86. The van der Waals surface area contributed by atoms with Gasteiger partial charge in [0.05, 0.1) is 12.1 Å². The van der Waals surface area contributed by atoms with Crippen molar-refractivity contribution in [2.75, 3.05) is 6.54 Å². The van der Waals surface area contributed by atoms with Gasteiger partial charge in [-0.15, -0.1) is 0 Å². The molecule has 0 radical (unpaired) electrons. The summed E-state index contributed by atoms with van der Waals surface area (Å²) in [6.07, 6.45) is 4.08. The van der Waals surface area contributed by atoms with Gasteiger partial charge in [0.15, 0.2) is 0 Å². The van der Waals surface area contributed by atoms with Gasteiger partial charge in [-0.1, -0.05) is 12.1 Å². The van der Waals surface area contributed by atoms with Crippen LogP contribution < -0.4 is 0 Å². The van der Waals surface area contributed by atoms with Crippen LogP contribution in [0.5, 0.6) is 0 Å². The first-order valence-electron chi connectivity index (χ1n) is 4.77. The lowest BCUT2D eigenvalue weighted by atomic mass is 10.1. The number of hydrogen-bond donors (Lipinski definition) is 0. The highest BCUT2D eigenvalue weighted by Gasteiger charge is 1.96. The highest BCUT2D eigenvalue weighted by Crippen LogP contribution is 2.13. The highest BCUT2D eigenvalue weighted by molar-refractivity contribution is 5.78. The van der Waals surface area contributed by atoms with Crippen molar-refractivity contribution in [3.63, 3.8) is 0 Å². The van der Waals surface area contributed by atoms with Crippen molar-refractivity contribution in [2.24, 2.45) is 4.99 Å². The largest absolute Gasteiger partial charge is 0.256 e. The van der Waals surface area contributed by atoms with Crippen LogP contribution in [0.1, 0.15) is 5.56 Å². The molecule has 2 aromatic rings. The first-order valence-corrected chi connectivity index (χ1v) is 4.77. The number of hydrogen-bond acceptors (Lipinski definition) is 3. The number of aliphatic imine (C=N–C) groups is 1. The highest BCUT2D eigenvalue weighted by atomic mass is 16.1. The van der Waals surface area contributed by atoms with Gasteiger partial charge in [-0.05, 0) is 30.2 Å². The molecule has 0 bridgehead atoms. The Bertz CT molecular complexity index is 516. The molecule has 0 unspecified atom stereocenters. The SMILES string of the molecule is O=C=NCCc1ccc2ncccc2c1. The van der Waals surface area contributed by atoms with Crippen molar-refractivity contribution < 1.29 is 4.79 Å². The maximum Gasteiger partial charge on any atom is 0.234 e. The zero-order chi connectivity index (χ0) is 10.5. The molecule has 1 aromatic heterocycles. The average molecular weight is 198 g/mol. The van der Waals surface area contributed by atoms with E-state index in [9.17, 15) is 4.79 Å². The molecule has 0 aliphatic carbocycles. The molecule has 0 saturated carbocycles. The van der Waals surface area contributed by atoms with Crippen LogP contribution in [0.15, 0.2) is 41.5 Å². The van der Waals surface area contributed by atoms with E-state index in [1.54, 1.807) is 6.20 Å². The van der Waals surface area contributed by atoms with Gasteiger partial charge in [-0.2, -0.15) is 0 Å². The Morgan fingerprint density at radius 2 is 2.27 bits per heavy atom. The lowest BCUT2D eigenvalue weighted by Crippen LogP contribution is -1.89. The van der Waals surface area contributed by atoms with Crippen LogP contribution in [0.3, 0.4) is 0 Å². The Morgan fingerprint density at radius 3 is 3.13 bits per heavy atom. The van der Waals surface area contributed by atoms with Crippen LogP contribution in [0.25, 0.3) is 10.9 Å². The number of benzene rings is 1. The van der Waals surface area contributed by atoms with Crippen LogP contribution in [0.2, 0.25) is 0 Å². The Balaban J connectivity index is 2.26. The molecular weight excluding hydrogens is 188 g/mol. The Morgan fingerprint density at radius 1 is 1.33 bits per heavy atom. The molecule has 3 heteroatoms. The summed E-state index contributed by atoms with van der Waals surface area (Å²) in [5, 5.41) is 1.12. The van der Waals surface area contributed by atoms with Crippen molar-refractivity contribution in [3.8, 4) is 0 Å². The summed E-state index contributed by atoms with van der Waals surface area (Å²) in [7, 11) is 0. The molecule has 1 heterocycles. The zero-order valence-electron chi connectivity index (χ0n) is 8.18. The number of aromatic nitrogens is 1. The molecule has 0 amide bonds. The summed E-state index contributed by atoms with van der Waals surface area (Å²) in [4.78, 5) is 17.7. The van der Waals surface area contributed by atoms with Crippen LogP contribution >= 0.6 is 0 Å². The van der Waals surface area contributed by atoms with Gasteiger partial charge in [-0.25, -0.2) is 9.79 Å². The zero-order valence-corrected chi connectivity index (χ0v) is 8.18. The third-order valence-electron chi connectivity index (χ3n) is 2.24. The van der Waals surface area contributed by atoms with Gasteiger partial charge >= 0.3 is 0 Å². The Labute approximate surface area is 87.5 Å². The van der Waals surface area contributed by atoms with E-state index in [0.717, 1.165) is 22.9 Å². The van der Waals surface area contributed by atoms with E-state index in [-0.39, 0.29) is 0 Å². The molecule has 15 heavy (non-hydrogen) atoms. The van der Waals surface area contributed by atoms with Crippen LogP contribution in [0.4, 0.5) is 0 Å². The van der Waals surface area contributed by atoms with Gasteiger partial charge in [0.1, 0.15) is 0 Å². The molecule has 0 aliphatic heterocycles. The van der Waals surface area contributed by atoms with Gasteiger partial charge in [0.25, 0.3) is 0 Å².